The summed E-state index contributed by atoms with van der Waals surface area (Å²) in [5, 5.41) is -0.272. The summed E-state index contributed by atoms with van der Waals surface area (Å²) in [7, 11) is 1.62. The molecule has 1 aromatic heterocycles. The predicted molar refractivity (Wildman–Crippen MR) is 99.8 cm³/mol. The molecule has 0 bridgehead atoms. The van der Waals surface area contributed by atoms with E-state index in [1.165, 1.54) is 4.90 Å². The quantitative estimate of drug-likeness (QED) is 0.599. The lowest BCUT2D eigenvalue weighted by atomic mass is 10.2. The van der Waals surface area contributed by atoms with E-state index in [1.54, 1.807) is 26.2 Å². The topological polar surface area (TPSA) is 51.5 Å². The van der Waals surface area contributed by atoms with Crippen LogP contribution in [0.4, 0.5) is 4.79 Å². The van der Waals surface area contributed by atoms with Crippen molar-refractivity contribution in [3.05, 3.63) is 65.8 Å². The second-order valence-electron chi connectivity index (χ2n) is 5.53. The van der Waals surface area contributed by atoms with Crippen LogP contribution in [0.25, 0.3) is 11.8 Å². The maximum Gasteiger partial charge on any atom is 0.294 e. The highest BCUT2D eigenvalue weighted by molar-refractivity contribution is 8.18. The van der Waals surface area contributed by atoms with Crippen molar-refractivity contribution in [2.75, 3.05) is 7.11 Å². The number of benzene rings is 1. The highest BCUT2D eigenvalue weighted by Crippen LogP contribution is 2.34. The van der Waals surface area contributed by atoms with Gasteiger partial charge in [-0.25, -0.2) is 0 Å². The molecule has 0 N–H and O–H groups in total. The number of thioether (sulfide) groups is 1. The third kappa shape index (κ3) is 3.25. The molecule has 128 valence electrons. The van der Waals surface area contributed by atoms with Crippen LogP contribution in [0.15, 0.2) is 60.2 Å². The van der Waals surface area contributed by atoms with Crippen molar-refractivity contribution in [3.8, 4) is 11.4 Å². The van der Waals surface area contributed by atoms with E-state index in [4.69, 9.17) is 4.74 Å². The molecule has 2 amide bonds. The standard InChI is InChI=1S/C19H18N2O3S/c1-4-13(2)21-18(22)17(25-19(21)23)12-15-6-5-11-20(15)14-7-9-16(24-3)10-8-14/h4-13H,1H2,2-3H3/b17-12-/t13-/m1/s1. The Hall–Kier alpha value is -2.73. The molecule has 3 rings (SSSR count). The zero-order valence-electron chi connectivity index (χ0n) is 14.0. The molecule has 1 saturated heterocycles. The Labute approximate surface area is 150 Å². The molecule has 1 aliphatic heterocycles. The normalized spacial score (nSPS) is 17.2. The van der Waals surface area contributed by atoms with E-state index in [-0.39, 0.29) is 17.2 Å². The van der Waals surface area contributed by atoms with Gasteiger partial charge >= 0.3 is 0 Å². The van der Waals surface area contributed by atoms with Crippen LogP contribution >= 0.6 is 11.8 Å². The number of hydrogen-bond donors (Lipinski definition) is 0. The van der Waals surface area contributed by atoms with Gasteiger partial charge in [0.05, 0.1) is 18.1 Å². The van der Waals surface area contributed by atoms with Crippen molar-refractivity contribution in [2.45, 2.75) is 13.0 Å². The summed E-state index contributed by atoms with van der Waals surface area (Å²) >= 11 is 0.951. The molecular formula is C19H18N2O3S. The Morgan fingerprint density at radius 1 is 1.20 bits per heavy atom. The van der Waals surface area contributed by atoms with E-state index < -0.39 is 0 Å². The molecule has 0 unspecified atom stereocenters. The Morgan fingerprint density at radius 3 is 2.56 bits per heavy atom. The van der Waals surface area contributed by atoms with E-state index in [2.05, 4.69) is 6.58 Å². The molecule has 0 aliphatic carbocycles. The molecule has 1 fully saturated rings. The first-order valence-electron chi connectivity index (χ1n) is 7.76. The lowest BCUT2D eigenvalue weighted by Crippen LogP contribution is -2.35. The third-order valence-corrected chi connectivity index (χ3v) is 4.87. The van der Waals surface area contributed by atoms with Crippen LogP contribution < -0.4 is 4.74 Å². The molecule has 0 spiro atoms. The molecule has 6 heteroatoms. The minimum absolute atomic E-state index is 0.272. The number of carbonyl (C=O) groups is 2. The number of rotatable bonds is 5. The lowest BCUT2D eigenvalue weighted by Gasteiger charge is -2.17. The largest absolute Gasteiger partial charge is 0.497 e. The molecule has 2 aromatic rings. The van der Waals surface area contributed by atoms with Gasteiger partial charge in [-0.15, -0.1) is 6.58 Å². The SMILES string of the molecule is C=C[C@@H](C)N1C(=O)S/C(=C\c2cccn2-c2ccc(OC)cc2)C1=O. The van der Waals surface area contributed by atoms with Crippen LogP contribution in [0, 0.1) is 0 Å². The zero-order valence-corrected chi connectivity index (χ0v) is 14.8. The first-order valence-corrected chi connectivity index (χ1v) is 8.58. The fourth-order valence-corrected chi connectivity index (χ4v) is 3.46. The van der Waals surface area contributed by atoms with Crippen molar-refractivity contribution in [1.29, 1.82) is 0 Å². The summed E-state index contributed by atoms with van der Waals surface area (Å²) in [5.74, 6) is 0.488. The van der Waals surface area contributed by atoms with E-state index in [9.17, 15) is 9.59 Å². The van der Waals surface area contributed by atoms with Gasteiger partial charge in [-0.2, -0.15) is 0 Å². The highest BCUT2D eigenvalue weighted by Gasteiger charge is 2.37. The van der Waals surface area contributed by atoms with Crippen molar-refractivity contribution in [2.24, 2.45) is 0 Å². The van der Waals surface area contributed by atoms with Gasteiger partial charge in [0.15, 0.2) is 0 Å². The average Bonchev–Trinajstić information content (AvgIpc) is 3.19. The summed E-state index contributed by atoms with van der Waals surface area (Å²) in [6.45, 7) is 5.42. The van der Waals surface area contributed by atoms with E-state index in [0.29, 0.717) is 4.91 Å². The molecule has 2 heterocycles. The zero-order chi connectivity index (χ0) is 18.0. The number of aromatic nitrogens is 1. The van der Waals surface area contributed by atoms with Gasteiger partial charge in [0.25, 0.3) is 11.1 Å². The first kappa shape index (κ1) is 17.1. The van der Waals surface area contributed by atoms with Crippen LogP contribution in [0.2, 0.25) is 0 Å². The maximum absolute atomic E-state index is 12.5. The molecule has 25 heavy (non-hydrogen) atoms. The van der Waals surface area contributed by atoms with Gasteiger partial charge in [0, 0.05) is 17.6 Å². The number of methoxy groups -OCH3 is 1. The van der Waals surface area contributed by atoms with Crippen LogP contribution in [0.1, 0.15) is 12.6 Å². The Morgan fingerprint density at radius 2 is 1.92 bits per heavy atom. The maximum atomic E-state index is 12.5. The van der Waals surface area contributed by atoms with Gasteiger partial charge in [-0.05, 0) is 61.2 Å². The van der Waals surface area contributed by atoms with Crippen molar-refractivity contribution in [1.82, 2.24) is 9.47 Å². The van der Waals surface area contributed by atoms with Gasteiger partial charge < -0.3 is 9.30 Å². The Balaban J connectivity index is 1.92. The summed E-state index contributed by atoms with van der Waals surface area (Å²) in [6.07, 6.45) is 5.23. The minimum Gasteiger partial charge on any atom is -0.497 e. The highest BCUT2D eigenvalue weighted by atomic mass is 32.2. The first-order chi connectivity index (χ1) is 12.0. The fourth-order valence-electron chi connectivity index (χ4n) is 2.56. The third-order valence-electron chi connectivity index (χ3n) is 3.98. The molecule has 5 nitrogen and oxygen atoms in total. The molecule has 1 atom stereocenters. The van der Waals surface area contributed by atoms with Gasteiger partial charge in [0.1, 0.15) is 5.75 Å². The second-order valence-corrected chi connectivity index (χ2v) is 6.52. The van der Waals surface area contributed by atoms with Crippen LogP contribution in [0.3, 0.4) is 0 Å². The van der Waals surface area contributed by atoms with Crippen molar-refractivity contribution < 1.29 is 14.3 Å². The minimum atomic E-state index is -0.327. The smallest absolute Gasteiger partial charge is 0.294 e. The van der Waals surface area contributed by atoms with Gasteiger partial charge in [-0.1, -0.05) is 6.08 Å². The summed E-state index contributed by atoms with van der Waals surface area (Å²) < 4.78 is 7.12. The van der Waals surface area contributed by atoms with Crippen molar-refractivity contribution in [3.63, 3.8) is 0 Å². The van der Waals surface area contributed by atoms with E-state index in [1.807, 2.05) is 47.2 Å². The monoisotopic (exact) mass is 354 g/mol. The van der Waals surface area contributed by atoms with Gasteiger partial charge in [-0.3, -0.25) is 14.5 Å². The number of ether oxygens (including phenoxy) is 1. The number of hydrogen-bond acceptors (Lipinski definition) is 4. The van der Waals surface area contributed by atoms with Crippen LogP contribution in [-0.2, 0) is 4.79 Å². The van der Waals surface area contributed by atoms with Crippen LogP contribution in [-0.4, -0.2) is 33.8 Å². The summed E-state index contributed by atoms with van der Waals surface area (Å²) in [5.41, 5.74) is 1.76. The van der Waals surface area contributed by atoms with E-state index >= 15 is 0 Å². The summed E-state index contributed by atoms with van der Waals surface area (Å²) in [6, 6.07) is 11.1. The second kappa shape index (κ2) is 7.03. The average molecular weight is 354 g/mol. The van der Waals surface area contributed by atoms with Gasteiger partial charge in [0.2, 0.25) is 0 Å². The molecule has 0 saturated carbocycles. The van der Waals surface area contributed by atoms with E-state index in [0.717, 1.165) is 28.9 Å². The number of nitrogens with zero attached hydrogens (tertiary/aromatic N) is 2. The molecule has 1 aromatic carbocycles. The number of amides is 2. The number of carbonyl (C=O) groups excluding carboxylic acids is 2. The molecular weight excluding hydrogens is 336 g/mol. The van der Waals surface area contributed by atoms with Crippen LogP contribution in [0.5, 0.6) is 5.75 Å². The number of imide groups is 1. The fraction of sp³-hybridized carbons (Fsp3) is 0.158. The molecule has 1 aliphatic rings. The summed E-state index contributed by atoms with van der Waals surface area (Å²) in [4.78, 5) is 26.3. The molecule has 0 radical (unpaired) electrons. The predicted octanol–water partition coefficient (Wildman–Crippen LogP) is 4.10. The lowest BCUT2D eigenvalue weighted by molar-refractivity contribution is -0.123. The Bertz CT molecular complexity index is 852. The van der Waals surface area contributed by atoms with Crippen molar-refractivity contribution >= 4 is 29.0 Å². The Kier molecular flexibility index (Phi) is 4.81.